The molecule has 0 bridgehead atoms. The molecule has 4 nitrogen and oxygen atoms in total. The molecule has 0 fully saturated rings. The minimum Gasteiger partial charge on any atom is -0.493 e. The quantitative estimate of drug-likeness (QED) is 0.203. The lowest BCUT2D eigenvalue weighted by Gasteiger charge is -2.17. The Morgan fingerprint density at radius 2 is 1.76 bits per heavy atom. The van der Waals surface area contributed by atoms with Crippen LogP contribution >= 0.6 is 11.8 Å². The second kappa shape index (κ2) is 11.3. The van der Waals surface area contributed by atoms with Crippen molar-refractivity contribution in [2.45, 2.75) is 31.3 Å². The van der Waals surface area contributed by atoms with Gasteiger partial charge in [0.15, 0.2) is 0 Å². The monoisotopic (exact) mass is 430 g/mol. The molecule has 0 unspecified atom stereocenters. The van der Waals surface area contributed by atoms with Crippen molar-refractivity contribution in [3.63, 3.8) is 0 Å². The Labute approximate surface area is 172 Å². The first kappa shape index (κ1) is 23.4. The molecule has 2 rings (SSSR count). The predicted octanol–water partition coefficient (Wildman–Crippen LogP) is 6.08. The zero-order valence-corrected chi connectivity index (χ0v) is 17.2. The van der Waals surface area contributed by atoms with Crippen LogP contribution in [0, 0.1) is 12.8 Å². The van der Waals surface area contributed by atoms with Crippen LogP contribution in [0.5, 0.6) is 11.5 Å². The van der Waals surface area contributed by atoms with Crippen LogP contribution in [0.1, 0.15) is 24.5 Å². The zero-order valence-electron chi connectivity index (χ0n) is 16.4. The molecule has 29 heavy (non-hydrogen) atoms. The van der Waals surface area contributed by atoms with Gasteiger partial charge in [-0.2, -0.15) is 13.2 Å². The van der Waals surface area contributed by atoms with Gasteiger partial charge in [0.25, 0.3) is 0 Å². The molecule has 0 spiro atoms. The average molecular weight is 430 g/mol. The van der Waals surface area contributed by atoms with E-state index in [0.29, 0.717) is 12.4 Å². The maximum atomic E-state index is 12.6. The van der Waals surface area contributed by atoms with Crippen molar-refractivity contribution in [2.75, 3.05) is 25.6 Å². The first-order valence-electron chi connectivity index (χ1n) is 9.26. The summed E-state index contributed by atoms with van der Waals surface area (Å²) in [6.45, 7) is 4.82. The normalized spacial score (nSPS) is 12.6. The molecule has 0 saturated heterocycles. The standard InChI is InChI=1S/C21H25F3O4S/c1-3-16(13-27-18-6-4-17(5-7-18)21(22,23)24)14-29-19-8-9-20(15(2)12-19)26-10-11-28-25/h4-9,12,16,25H,3,10-11,13-14H2,1-2H3/t16-/m1/s1. The van der Waals surface area contributed by atoms with Gasteiger partial charge in [-0.05, 0) is 61.4 Å². The van der Waals surface area contributed by atoms with Crippen LogP contribution in [0.15, 0.2) is 47.4 Å². The summed E-state index contributed by atoms with van der Waals surface area (Å²) in [5.41, 5.74) is 0.307. The molecule has 1 atom stereocenters. The smallest absolute Gasteiger partial charge is 0.416 e. The molecule has 2 aromatic carbocycles. The number of alkyl halides is 3. The van der Waals surface area contributed by atoms with Crippen LogP contribution < -0.4 is 9.47 Å². The van der Waals surface area contributed by atoms with Crippen LogP contribution in [0.4, 0.5) is 13.2 Å². The molecule has 160 valence electrons. The summed E-state index contributed by atoms with van der Waals surface area (Å²) in [7, 11) is 0. The van der Waals surface area contributed by atoms with Gasteiger partial charge in [-0.15, -0.1) is 11.8 Å². The fraction of sp³-hybridized carbons (Fsp3) is 0.429. The summed E-state index contributed by atoms with van der Waals surface area (Å²) in [5.74, 6) is 2.27. The number of thioether (sulfide) groups is 1. The van der Waals surface area contributed by atoms with Crippen LogP contribution in [-0.2, 0) is 11.1 Å². The third-order valence-electron chi connectivity index (χ3n) is 4.31. The highest BCUT2D eigenvalue weighted by Gasteiger charge is 2.30. The van der Waals surface area contributed by atoms with Crippen LogP contribution in [0.3, 0.4) is 0 Å². The molecular formula is C21H25F3O4S. The molecule has 0 amide bonds. The highest BCUT2D eigenvalue weighted by Crippen LogP contribution is 2.31. The summed E-state index contributed by atoms with van der Waals surface area (Å²) < 4.78 is 49.0. The Balaban J connectivity index is 1.83. The van der Waals surface area contributed by atoms with E-state index in [-0.39, 0.29) is 19.1 Å². The first-order chi connectivity index (χ1) is 13.8. The second-order valence-corrected chi connectivity index (χ2v) is 7.62. The molecule has 0 saturated carbocycles. The van der Waals surface area contributed by atoms with E-state index in [0.717, 1.165) is 40.5 Å². The van der Waals surface area contributed by atoms with E-state index in [1.165, 1.54) is 12.1 Å². The van der Waals surface area contributed by atoms with E-state index in [1.807, 2.05) is 25.1 Å². The summed E-state index contributed by atoms with van der Waals surface area (Å²) in [5, 5.41) is 8.33. The maximum Gasteiger partial charge on any atom is 0.416 e. The van der Waals surface area contributed by atoms with Gasteiger partial charge in [0, 0.05) is 16.6 Å². The molecule has 0 aromatic heterocycles. The Morgan fingerprint density at radius 1 is 1.03 bits per heavy atom. The van der Waals surface area contributed by atoms with Crippen LogP contribution in [-0.4, -0.2) is 30.8 Å². The van der Waals surface area contributed by atoms with Crippen molar-refractivity contribution in [2.24, 2.45) is 5.92 Å². The topological polar surface area (TPSA) is 47.9 Å². The third-order valence-corrected chi connectivity index (χ3v) is 5.53. The zero-order chi connectivity index (χ0) is 21.3. The van der Waals surface area contributed by atoms with E-state index in [9.17, 15) is 13.2 Å². The number of benzene rings is 2. The van der Waals surface area contributed by atoms with Gasteiger partial charge in [0.2, 0.25) is 0 Å². The van der Waals surface area contributed by atoms with Crippen molar-refractivity contribution in [3.05, 3.63) is 53.6 Å². The number of aryl methyl sites for hydroxylation is 1. The van der Waals surface area contributed by atoms with Crippen LogP contribution in [0.2, 0.25) is 0 Å². The number of hydrogen-bond donors (Lipinski definition) is 1. The summed E-state index contributed by atoms with van der Waals surface area (Å²) >= 11 is 1.70. The molecule has 0 heterocycles. The van der Waals surface area contributed by atoms with Gasteiger partial charge in [-0.25, -0.2) is 4.89 Å². The average Bonchev–Trinajstić information content (AvgIpc) is 2.69. The van der Waals surface area contributed by atoms with Crippen molar-refractivity contribution < 1.29 is 32.8 Å². The number of hydrogen-bond acceptors (Lipinski definition) is 5. The van der Waals surface area contributed by atoms with Crippen molar-refractivity contribution in [1.29, 1.82) is 0 Å². The SMILES string of the molecule is CC[C@H](COc1ccc(C(F)(F)F)cc1)CSc1ccc(OCCOO)c(C)c1. The number of rotatable bonds is 11. The van der Waals surface area contributed by atoms with Gasteiger partial charge in [0.05, 0.1) is 12.2 Å². The first-order valence-corrected chi connectivity index (χ1v) is 10.2. The minimum absolute atomic E-state index is 0.104. The van der Waals surface area contributed by atoms with Crippen molar-refractivity contribution >= 4 is 11.8 Å². The third kappa shape index (κ3) is 7.79. The van der Waals surface area contributed by atoms with E-state index in [1.54, 1.807) is 11.8 Å². The number of halogens is 3. The summed E-state index contributed by atoms with van der Waals surface area (Å²) in [6.07, 6.45) is -3.44. The van der Waals surface area contributed by atoms with Gasteiger partial charge >= 0.3 is 6.18 Å². The van der Waals surface area contributed by atoms with Gasteiger partial charge in [0.1, 0.15) is 24.7 Å². The molecule has 1 N–H and O–H groups in total. The van der Waals surface area contributed by atoms with E-state index < -0.39 is 11.7 Å². The van der Waals surface area contributed by atoms with Crippen LogP contribution in [0.25, 0.3) is 0 Å². The maximum absolute atomic E-state index is 12.6. The summed E-state index contributed by atoms with van der Waals surface area (Å²) in [6, 6.07) is 10.7. The molecule has 2 aromatic rings. The lowest BCUT2D eigenvalue weighted by atomic mass is 10.1. The minimum atomic E-state index is -4.34. The predicted molar refractivity (Wildman–Crippen MR) is 107 cm³/mol. The fourth-order valence-electron chi connectivity index (χ4n) is 2.51. The molecule has 8 heteroatoms. The van der Waals surface area contributed by atoms with E-state index in [2.05, 4.69) is 11.8 Å². The Hall–Kier alpha value is -1.90. The fourth-order valence-corrected chi connectivity index (χ4v) is 3.70. The number of ether oxygens (including phenoxy) is 2. The van der Waals surface area contributed by atoms with E-state index in [4.69, 9.17) is 14.7 Å². The molecule has 0 aliphatic heterocycles. The Morgan fingerprint density at radius 3 is 2.34 bits per heavy atom. The Bertz CT molecular complexity index is 751. The van der Waals surface area contributed by atoms with Crippen molar-refractivity contribution in [3.8, 4) is 11.5 Å². The highest BCUT2D eigenvalue weighted by molar-refractivity contribution is 7.99. The van der Waals surface area contributed by atoms with Gasteiger partial charge in [-0.3, -0.25) is 5.26 Å². The lowest BCUT2D eigenvalue weighted by molar-refractivity contribution is -0.245. The molecule has 0 aliphatic rings. The van der Waals surface area contributed by atoms with E-state index >= 15 is 0 Å². The van der Waals surface area contributed by atoms with Gasteiger partial charge in [-0.1, -0.05) is 6.92 Å². The van der Waals surface area contributed by atoms with Gasteiger partial charge < -0.3 is 9.47 Å². The molecular weight excluding hydrogens is 405 g/mol. The highest BCUT2D eigenvalue weighted by atomic mass is 32.2. The lowest BCUT2D eigenvalue weighted by Crippen LogP contribution is -2.14. The molecule has 0 radical (unpaired) electrons. The largest absolute Gasteiger partial charge is 0.493 e. The molecule has 0 aliphatic carbocycles. The Kier molecular flexibility index (Phi) is 9.13. The second-order valence-electron chi connectivity index (χ2n) is 6.53. The summed E-state index contributed by atoms with van der Waals surface area (Å²) in [4.78, 5) is 5.09. The van der Waals surface area contributed by atoms with Crippen molar-refractivity contribution in [1.82, 2.24) is 0 Å².